The number of rotatable bonds is 1. The van der Waals surface area contributed by atoms with Crippen molar-refractivity contribution in [1.82, 2.24) is 0 Å². The number of hydrogen-bond donors (Lipinski definition) is 1. The van der Waals surface area contributed by atoms with Crippen LogP contribution in [0.15, 0.2) is 11.5 Å². The van der Waals surface area contributed by atoms with E-state index < -0.39 is 10.1 Å². The van der Waals surface area contributed by atoms with E-state index in [0.717, 1.165) is 0 Å². The van der Waals surface area contributed by atoms with Crippen LogP contribution in [0.4, 0.5) is 0 Å². The van der Waals surface area contributed by atoms with Crippen LogP contribution in [0.25, 0.3) is 0 Å². The van der Waals surface area contributed by atoms with Crippen molar-refractivity contribution < 1.29 is 13.0 Å². The summed E-state index contributed by atoms with van der Waals surface area (Å²) in [6, 6.07) is 0. The van der Waals surface area contributed by atoms with E-state index in [1.165, 1.54) is 6.92 Å². The van der Waals surface area contributed by atoms with Gasteiger partial charge < -0.3 is 0 Å². The normalized spacial score (nSPS) is 9.75. The highest BCUT2D eigenvalue weighted by molar-refractivity contribution is 7.89. The largest absolute Gasteiger partial charge is 0.316 e. The second-order valence-corrected chi connectivity index (χ2v) is 2.82. The first-order valence-electron chi connectivity index (χ1n) is 1.57. The summed E-state index contributed by atoms with van der Waals surface area (Å²) in [6.45, 7) is 4.21. The lowest BCUT2D eigenvalue weighted by atomic mass is 10.8. The molecule has 0 aliphatic carbocycles. The van der Waals surface area contributed by atoms with Gasteiger partial charge in [-0.3, -0.25) is 4.55 Å². The second-order valence-electron chi connectivity index (χ2n) is 1.18. The molecule has 46 valence electrons. The molecule has 0 spiro atoms. The van der Waals surface area contributed by atoms with Crippen molar-refractivity contribution in [2.45, 2.75) is 6.92 Å². The molecule has 0 radical (unpaired) electrons. The topological polar surface area (TPSA) is 54.4 Å². The third kappa shape index (κ3) is 4.57. The molecular formula is C3H8MgO3S. The van der Waals surface area contributed by atoms with E-state index in [-0.39, 0.29) is 28.0 Å². The Hall–Kier alpha value is 0.416. The number of hydrogen-bond acceptors (Lipinski definition) is 2. The molecule has 0 aliphatic heterocycles. The molecule has 0 aliphatic rings. The van der Waals surface area contributed by atoms with E-state index in [4.69, 9.17) is 4.55 Å². The van der Waals surface area contributed by atoms with Gasteiger partial charge >= 0.3 is 23.1 Å². The lowest BCUT2D eigenvalue weighted by Crippen LogP contribution is -1.95. The van der Waals surface area contributed by atoms with Crippen LogP contribution < -0.4 is 0 Å². The zero-order chi connectivity index (χ0) is 6.08. The lowest BCUT2D eigenvalue weighted by molar-refractivity contribution is 0.491. The minimum absolute atomic E-state index is 0. The van der Waals surface area contributed by atoms with Crippen LogP contribution in [0.2, 0.25) is 0 Å². The molecule has 0 fully saturated rings. The fourth-order valence-corrected chi connectivity index (χ4v) is 0. The Morgan fingerprint density at radius 2 is 1.75 bits per heavy atom. The molecule has 5 heteroatoms. The van der Waals surface area contributed by atoms with Gasteiger partial charge in [0.25, 0.3) is 10.1 Å². The van der Waals surface area contributed by atoms with E-state index in [0.29, 0.717) is 0 Å². The minimum atomic E-state index is -3.94. The highest BCUT2D eigenvalue weighted by Gasteiger charge is 2.01. The molecule has 1 N–H and O–H groups in total. The molecular weight excluding hydrogens is 140 g/mol. The average molecular weight is 148 g/mol. The first-order valence-corrected chi connectivity index (χ1v) is 3.01. The summed E-state index contributed by atoms with van der Waals surface area (Å²) >= 11 is 0. The SMILES string of the molecule is C=C(C)S(=O)(=O)O.[MgH2]. The second kappa shape index (κ2) is 3.44. The number of allylic oxidation sites excluding steroid dienone is 1. The summed E-state index contributed by atoms with van der Waals surface area (Å²) in [5, 5.41) is 0. The summed E-state index contributed by atoms with van der Waals surface area (Å²) < 4.78 is 27.5. The maximum absolute atomic E-state index is 9.79. The quantitative estimate of drug-likeness (QED) is 0.403. The van der Waals surface area contributed by atoms with Gasteiger partial charge in [0.15, 0.2) is 0 Å². The molecule has 0 aromatic rings. The Labute approximate surface area is 64.7 Å². The molecule has 0 aromatic carbocycles. The van der Waals surface area contributed by atoms with Crippen LogP contribution in [0.3, 0.4) is 0 Å². The maximum Gasteiger partial charge on any atom is 0.316 e. The van der Waals surface area contributed by atoms with Crippen molar-refractivity contribution in [1.29, 1.82) is 0 Å². The van der Waals surface area contributed by atoms with Crippen LogP contribution in [0, 0.1) is 0 Å². The van der Waals surface area contributed by atoms with Gasteiger partial charge in [-0.25, -0.2) is 0 Å². The molecule has 3 nitrogen and oxygen atoms in total. The van der Waals surface area contributed by atoms with Gasteiger partial charge in [-0.1, -0.05) is 6.58 Å². The maximum atomic E-state index is 9.79. The van der Waals surface area contributed by atoms with Crippen molar-refractivity contribution in [2.24, 2.45) is 0 Å². The molecule has 0 amide bonds. The van der Waals surface area contributed by atoms with E-state index in [9.17, 15) is 8.42 Å². The van der Waals surface area contributed by atoms with Gasteiger partial charge in [0, 0.05) is 0 Å². The summed E-state index contributed by atoms with van der Waals surface area (Å²) in [7, 11) is -3.94. The highest BCUT2D eigenvalue weighted by Crippen LogP contribution is 1.94. The molecule has 0 atom stereocenters. The third-order valence-electron chi connectivity index (χ3n) is 0.440. The van der Waals surface area contributed by atoms with Gasteiger partial charge in [-0.2, -0.15) is 8.42 Å². The fourth-order valence-electron chi connectivity index (χ4n) is 0. The predicted octanol–water partition coefficient (Wildman–Crippen LogP) is -0.508. The van der Waals surface area contributed by atoms with Gasteiger partial charge in [-0.15, -0.1) is 0 Å². The monoisotopic (exact) mass is 148 g/mol. The molecule has 0 bridgehead atoms. The summed E-state index contributed by atoms with van der Waals surface area (Å²) in [6.07, 6.45) is 0. The van der Waals surface area contributed by atoms with Gasteiger partial charge in [0.2, 0.25) is 0 Å². The van der Waals surface area contributed by atoms with E-state index in [1.807, 2.05) is 0 Å². The summed E-state index contributed by atoms with van der Waals surface area (Å²) in [5.74, 6) is 0. The fraction of sp³-hybridized carbons (Fsp3) is 0.333. The molecule has 8 heavy (non-hydrogen) atoms. The van der Waals surface area contributed by atoms with Crippen molar-refractivity contribution >= 4 is 33.2 Å². The molecule has 0 aromatic heterocycles. The van der Waals surface area contributed by atoms with Crippen molar-refractivity contribution in [3.05, 3.63) is 11.5 Å². The molecule has 0 saturated heterocycles. The first-order chi connectivity index (χ1) is 2.94. The summed E-state index contributed by atoms with van der Waals surface area (Å²) in [5.41, 5.74) is 0. The Morgan fingerprint density at radius 1 is 1.62 bits per heavy atom. The zero-order valence-corrected chi connectivity index (χ0v) is 4.70. The molecule has 0 saturated carbocycles. The summed E-state index contributed by atoms with van der Waals surface area (Å²) in [4.78, 5) is -0.229. The van der Waals surface area contributed by atoms with Crippen LogP contribution in [-0.4, -0.2) is 36.0 Å². The average Bonchev–Trinajstić information content (AvgIpc) is 1.31. The van der Waals surface area contributed by atoms with Crippen molar-refractivity contribution in [3.8, 4) is 0 Å². The zero-order valence-electron chi connectivity index (χ0n) is 3.88. The Morgan fingerprint density at radius 3 is 1.75 bits per heavy atom. The molecule has 0 heterocycles. The van der Waals surface area contributed by atoms with Crippen molar-refractivity contribution in [2.75, 3.05) is 0 Å². The minimum Gasteiger partial charge on any atom is -0.282 e. The predicted molar refractivity (Wildman–Crippen MR) is 34.9 cm³/mol. The third-order valence-corrected chi connectivity index (χ3v) is 1.32. The van der Waals surface area contributed by atoms with Crippen LogP contribution >= 0.6 is 0 Å². The Balaban J connectivity index is 0. The standard InChI is InChI=1S/C3H6O3S.Mg.2H/c1-3(2)7(4,5)6;;;/h1H2,2H3,(H,4,5,6);;;. The van der Waals surface area contributed by atoms with Gasteiger partial charge in [0.1, 0.15) is 0 Å². The smallest absolute Gasteiger partial charge is 0.282 e. The van der Waals surface area contributed by atoms with E-state index in [1.54, 1.807) is 0 Å². The van der Waals surface area contributed by atoms with Crippen molar-refractivity contribution in [3.63, 3.8) is 0 Å². The van der Waals surface area contributed by atoms with Crippen LogP contribution in [-0.2, 0) is 10.1 Å². The molecule has 0 rings (SSSR count). The molecule has 0 unspecified atom stereocenters. The Kier molecular flexibility index (Phi) is 4.84. The van der Waals surface area contributed by atoms with E-state index >= 15 is 0 Å². The van der Waals surface area contributed by atoms with Crippen LogP contribution in [0.5, 0.6) is 0 Å². The van der Waals surface area contributed by atoms with E-state index in [2.05, 4.69) is 6.58 Å². The van der Waals surface area contributed by atoms with Gasteiger partial charge in [0.05, 0.1) is 4.91 Å². The lowest BCUT2D eigenvalue weighted by Gasteiger charge is -1.86. The first kappa shape index (κ1) is 11.2. The van der Waals surface area contributed by atoms with Crippen LogP contribution in [0.1, 0.15) is 6.92 Å². The van der Waals surface area contributed by atoms with Gasteiger partial charge in [-0.05, 0) is 6.92 Å². The Bertz CT molecular complexity index is 169. The highest BCUT2D eigenvalue weighted by atomic mass is 32.2.